The molecule has 5 rings (SSSR count). The maximum absolute atomic E-state index is 13.3. The van der Waals surface area contributed by atoms with Crippen LogP contribution >= 0.6 is 0 Å². The zero-order chi connectivity index (χ0) is 21.4. The average Bonchev–Trinajstić information content (AvgIpc) is 3.38. The van der Waals surface area contributed by atoms with Gasteiger partial charge in [0.25, 0.3) is 0 Å². The number of hydrogen-bond acceptors (Lipinski definition) is 5. The maximum Gasteiger partial charge on any atom is 0.228 e. The lowest BCUT2D eigenvalue weighted by atomic mass is 9.89. The normalized spacial score (nSPS) is 14.8. The number of amides is 1. The van der Waals surface area contributed by atoms with Crippen LogP contribution in [0.1, 0.15) is 37.8 Å². The highest BCUT2D eigenvalue weighted by molar-refractivity contribution is 5.93. The predicted molar refractivity (Wildman–Crippen MR) is 114 cm³/mol. The van der Waals surface area contributed by atoms with E-state index in [1.54, 1.807) is 27.7 Å². The molecule has 31 heavy (non-hydrogen) atoms. The first-order valence-electron chi connectivity index (χ1n) is 10.4. The fourth-order valence-electron chi connectivity index (χ4n) is 4.11. The van der Waals surface area contributed by atoms with E-state index in [1.165, 1.54) is 24.9 Å². The highest BCUT2D eigenvalue weighted by Crippen LogP contribution is 2.27. The molecule has 0 unspecified atom stereocenters. The SMILES string of the molecule is Cc1cc(NC(=O)C2CCCCC2)n(-c2ncnc3c2cnn3-c2ccc(F)cc2)n1. The molecule has 0 atom stereocenters. The Hall–Kier alpha value is -3.62. The lowest BCUT2D eigenvalue weighted by Crippen LogP contribution is -2.26. The van der Waals surface area contributed by atoms with E-state index < -0.39 is 0 Å². The van der Waals surface area contributed by atoms with E-state index in [-0.39, 0.29) is 17.6 Å². The molecule has 0 aliphatic heterocycles. The van der Waals surface area contributed by atoms with E-state index in [0.29, 0.717) is 28.4 Å². The monoisotopic (exact) mass is 419 g/mol. The number of aromatic nitrogens is 6. The molecule has 9 heteroatoms. The lowest BCUT2D eigenvalue weighted by Gasteiger charge is -2.20. The lowest BCUT2D eigenvalue weighted by molar-refractivity contribution is -0.120. The van der Waals surface area contributed by atoms with Crippen LogP contribution in [0.5, 0.6) is 0 Å². The van der Waals surface area contributed by atoms with Crippen molar-refractivity contribution < 1.29 is 9.18 Å². The molecule has 158 valence electrons. The van der Waals surface area contributed by atoms with E-state index in [4.69, 9.17) is 0 Å². The van der Waals surface area contributed by atoms with Crippen LogP contribution in [0.25, 0.3) is 22.5 Å². The number of benzene rings is 1. The molecule has 4 aromatic rings. The summed E-state index contributed by atoms with van der Waals surface area (Å²) >= 11 is 0. The highest BCUT2D eigenvalue weighted by Gasteiger charge is 2.23. The van der Waals surface area contributed by atoms with Crippen molar-refractivity contribution in [1.82, 2.24) is 29.5 Å². The number of anilines is 1. The molecule has 1 N–H and O–H groups in total. The molecule has 1 aliphatic carbocycles. The Labute approximate surface area is 178 Å². The molecule has 0 bridgehead atoms. The second-order valence-electron chi connectivity index (χ2n) is 7.87. The van der Waals surface area contributed by atoms with Crippen molar-refractivity contribution in [2.75, 3.05) is 5.32 Å². The molecular weight excluding hydrogens is 397 g/mol. The Bertz CT molecular complexity index is 1240. The van der Waals surface area contributed by atoms with Gasteiger partial charge >= 0.3 is 0 Å². The summed E-state index contributed by atoms with van der Waals surface area (Å²) in [5.41, 5.74) is 2.01. The van der Waals surface area contributed by atoms with Crippen molar-refractivity contribution >= 4 is 22.8 Å². The van der Waals surface area contributed by atoms with Gasteiger partial charge in [0.2, 0.25) is 5.91 Å². The summed E-state index contributed by atoms with van der Waals surface area (Å²) in [6.45, 7) is 1.87. The first-order valence-corrected chi connectivity index (χ1v) is 10.4. The van der Waals surface area contributed by atoms with Gasteiger partial charge in [0, 0.05) is 12.0 Å². The van der Waals surface area contributed by atoms with Gasteiger partial charge in [0.05, 0.1) is 23.0 Å². The molecule has 1 amide bonds. The van der Waals surface area contributed by atoms with Crippen molar-refractivity contribution in [3.8, 4) is 11.5 Å². The summed E-state index contributed by atoms with van der Waals surface area (Å²) in [5, 5.41) is 12.7. The maximum atomic E-state index is 13.3. The van der Waals surface area contributed by atoms with E-state index >= 15 is 0 Å². The minimum Gasteiger partial charge on any atom is -0.310 e. The van der Waals surface area contributed by atoms with Crippen LogP contribution in [0.15, 0.2) is 42.9 Å². The molecule has 1 saturated carbocycles. The molecule has 3 heterocycles. The van der Waals surface area contributed by atoms with Gasteiger partial charge < -0.3 is 5.32 Å². The molecular formula is C22H22FN7O. The third-order valence-electron chi connectivity index (χ3n) is 5.68. The van der Waals surface area contributed by atoms with Crippen molar-refractivity contribution in [2.45, 2.75) is 39.0 Å². The van der Waals surface area contributed by atoms with Gasteiger partial charge in [-0.25, -0.2) is 19.0 Å². The molecule has 0 saturated heterocycles. The number of aryl methyl sites for hydroxylation is 1. The van der Waals surface area contributed by atoms with Crippen molar-refractivity contribution in [1.29, 1.82) is 0 Å². The summed E-state index contributed by atoms with van der Waals surface area (Å²) in [4.78, 5) is 21.6. The fourth-order valence-corrected chi connectivity index (χ4v) is 4.11. The van der Waals surface area contributed by atoms with Gasteiger partial charge in [-0.3, -0.25) is 4.79 Å². The fraction of sp³-hybridized carbons (Fsp3) is 0.318. The van der Waals surface area contributed by atoms with Crippen LogP contribution < -0.4 is 5.32 Å². The largest absolute Gasteiger partial charge is 0.310 e. The molecule has 8 nitrogen and oxygen atoms in total. The Kier molecular flexibility index (Phi) is 4.93. The van der Waals surface area contributed by atoms with E-state index in [0.717, 1.165) is 31.4 Å². The minimum atomic E-state index is -0.319. The van der Waals surface area contributed by atoms with E-state index in [1.807, 2.05) is 13.0 Å². The van der Waals surface area contributed by atoms with Crippen LogP contribution in [-0.2, 0) is 4.79 Å². The summed E-state index contributed by atoms with van der Waals surface area (Å²) in [6, 6.07) is 7.86. The van der Waals surface area contributed by atoms with Crippen LogP contribution in [-0.4, -0.2) is 35.4 Å². The second-order valence-corrected chi connectivity index (χ2v) is 7.87. The molecule has 0 radical (unpaired) electrons. The first-order chi connectivity index (χ1) is 15.1. The number of nitrogens with one attached hydrogen (secondary N) is 1. The van der Waals surface area contributed by atoms with Gasteiger partial charge in [0.1, 0.15) is 18.0 Å². The quantitative estimate of drug-likeness (QED) is 0.541. The number of carbonyl (C=O) groups excluding carboxylic acids is 1. The van der Waals surface area contributed by atoms with Gasteiger partial charge in [-0.2, -0.15) is 14.9 Å². The number of carbonyl (C=O) groups is 1. The minimum absolute atomic E-state index is 0.0214. The Morgan fingerprint density at radius 3 is 2.65 bits per heavy atom. The number of fused-ring (bicyclic) bond motifs is 1. The summed E-state index contributed by atoms with van der Waals surface area (Å²) in [7, 11) is 0. The molecule has 3 aromatic heterocycles. The molecule has 0 spiro atoms. The average molecular weight is 419 g/mol. The molecule has 1 aliphatic rings. The van der Waals surface area contributed by atoms with Crippen molar-refractivity contribution in [2.24, 2.45) is 5.92 Å². The Morgan fingerprint density at radius 1 is 1.10 bits per heavy atom. The number of hydrogen-bond donors (Lipinski definition) is 1. The second kappa shape index (κ2) is 7.90. The molecule has 1 aromatic carbocycles. The number of rotatable bonds is 4. The Morgan fingerprint density at radius 2 is 1.87 bits per heavy atom. The Balaban J connectivity index is 1.53. The first kappa shape index (κ1) is 19.3. The van der Waals surface area contributed by atoms with Gasteiger partial charge in [-0.15, -0.1) is 0 Å². The summed E-state index contributed by atoms with van der Waals surface area (Å²) in [6.07, 6.45) is 8.29. The number of nitrogens with zero attached hydrogens (tertiary/aromatic N) is 6. The summed E-state index contributed by atoms with van der Waals surface area (Å²) in [5.74, 6) is 0.825. The zero-order valence-electron chi connectivity index (χ0n) is 17.1. The topological polar surface area (TPSA) is 90.5 Å². The van der Waals surface area contributed by atoms with Crippen LogP contribution in [0.4, 0.5) is 10.2 Å². The van der Waals surface area contributed by atoms with Crippen LogP contribution in [0.2, 0.25) is 0 Å². The van der Waals surface area contributed by atoms with E-state index in [9.17, 15) is 9.18 Å². The standard InChI is InChI=1S/C22H22FN7O/c1-14-11-19(27-22(31)15-5-3-2-4-6-15)30(28-14)21-18-12-26-29(20(18)24-13-25-21)17-9-7-16(23)8-10-17/h7-13,15H,2-6H2,1H3,(H,27,31). The van der Waals surface area contributed by atoms with Gasteiger partial charge in [-0.05, 0) is 44.0 Å². The predicted octanol–water partition coefficient (Wildman–Crippen LogP) is 3.97. The van der Waals surface area contributed by atoms with Crippen LogP contribution in [0, 0.1) is 18.7 Å². The smallest absolute Gasteiger partial charge is 0.228 e. The third kappa shape index (κ3) is 3.67. The van der Waals surface area contributed by atoms with Crippen molar-refractivity contribution in [3.05, 3.63) is 54.4 Å². The number of halogens is 1. The molecule has 1 fully saturated rings. The van der Waals surface area contributed by atoms with Gasteiger partial charge in [0.15, 0.2) is 11.5 Å². The highest BCUT2D eigenvalue weighted by atomic mass is 19.1. The van der Waals surface area contributed by atoms with Gasteiger partial charge in [-0.1, -0.05) is 19.3 Å². The van der Waals surface area contributed by atoms with Crippen molar-refractivity contribution in [3.63, 3.8) is 0 Å². The summed E-state index contributed by atoms with van der Waals surface area (Å²) < 4.78 is 16.6. The third-order valence-corrected chi connectivity index (χ3v) is 5.68. The zero-order valence-corrected chi connectivity index (χ0v) is 17.1. The van der Waals surface area contributed by atoms with E-state index in [2.05, 4.69) is 25.5 Å². The van der Waals surface area contributed by atoms with Crippen LogP contribution in [0.3, 0.4) is 0 Å².